The van der Waals surface area contributed by atoms with Crippen molar-refractivity contribution < 1.29 is 9.53 Å². The summed E-state index contributed by atoms with van der Waals surface area (Å²) in [6, 6.07) is 23.5. The van der Waals surface area contributed by atoms with Crippen LogP contribution in [0.4, 0.5) is 0 Å². The Hall–Kier alpha value is -2.69. The van der Waals surface area contributed by atoms with Gasteiger partial charge in [-0.05, 0) is 72.7 Å². The lowest BCUT2D eigenvalue weighted by molar-refractivity contribution is -0.150. The molecule has 0 N–H and O–H groups in total. The Morgan fingerprint density at radius 3 is 2.29 bits per heavy atom. The third-order valence-electron chi connectivity index (χ3n) is 7.16. The average Bonchev–Trinajstić information content (AvgIpc) is 3.15. The lowest BCUT2D eigenvalue weighted by atomic mass is 9.87. The number of hydrogen-bond donors (Lipinski definition) is 0. The van der Waals surface area contributed by atoms with Gasteiger partial charge < -0.3 is 9.30 Å². The van der Waals surface area contributed by atoms with Crippen LogP contribution in [0.5, 0.6) is 0 Å². The largest absolute Gasteiger partial charge is 0.469 e. The predicted octanol–water partition coefficient (Wildman–Crippen LogP) is 9.48. The quantitative estimate of drug-likeness (QED) is 0.195. The summed E-state index contributed by atoms with van der Waals surface area (Å²) in [5.41, 5.74) is 5.43. The first-order valence-electron chi connectivity index (χ1n) is 13.3. The summed E-state index contributed by atoms with van der Waals surface area (Å²) in [6.45, 7) is 13.6. The number of rotatable bonds is 9. The predicted molar refractivity (Wildman–Crippen MR) is 161 cm³/mol. The summed E-state index contributed by atoms with van der Waals surface area (Å²) in [7, 11) is 1.47. The molecule has 0 bridgehead atoms. The van der Waals surface area contributed by atoms with Crippen molar-refractivity contribution in [1.82, 2.24) is 4.57 Å². The number of ether oxygens (including phenoxy) is 1. The van der Waals surface area contributed by atoms with Gasteiger partial charge in [0.25, 0.3) is 0 Å². The Kier molecular flexibility index (Phi) is 8.64. The van der Waals surface area contributed by atoms with Crippen LogP contribution in [-0.4, -0.2) is 17.6 Å². The number of nitrogens with zero attached hydrogens (tertiary/aromatic N) is 1. The number of aromatic nitrogens is 1. The smallest absolute Gasteiger partial charge is 0.311 e. The van der Waals surface area contributed by atoms with E-state index in [2.05, 4.69) is 86.9 Å². The minimum Gasteiger partial charge on any atom is -0.469 e. The summed E-state index contributed by atoms with van der Waals surface area (Å²) in [5.74, 6) is 0.610. The fourth-order valence-corrected chi connectivity index (χ4v) is 6.41. The molecule has 0 unspecified atom stereocenters. The fourth-order valence-electron chi connectivity index (χ4n) is 4.92. The van der Waals surface area contributed by atoms with Crippen LogP contribution in [0.1, 0.15) is 75.8 Å². The molecule has 0 radical (unpaired) electrons. The summed E-state index contributed by atoms with van der Waals surface area (Å²) < 4.78 is 7.60. The number of carbonyl (C=O) groups is 1. The van der Waals surface area contributed by atoms with Gasteiger partial charge in [0.2, 0.25) is 0 Å². The second-order valence-electron chi connectivity index (χ2n) is 11.3. The third kappa shape index (κ3) is 5.97. The SMILES string of the molecule is COC(=O)C(C)(C)Cc1c(Sc2ccccc2C(C)C)c2cc(C(C)C)ccc2n1Cc1ccc(Cl)cc1. The molecule has 0 spiro atoms. The summed E-state index contributed by atoms with van der Waals surface area (Å²) in [5, 5.41) is 1.95. The maximum absolute atomic E-state index is 12.9. The molecule has 4 rings (SSSR count). The minimum atomic E-state index is -0.686. The van der Waals surface area contributed by atoms with Crippen LogP contribution in [0.15, 0.2) is 76.5 Å². The van der Waals surface area contributed by atoms with E-state index < -0.39 is 5.41 Å². The molecule has 0 atom stereocenters. The second-order valence-corrected chi connectivity index (χ2v) is 12.8. The molecule has 200 valence electrons. The van der Waals surface area contributed by atoms with Crippen LogP contribution in [0.2, 0.25) is 5.02 Å². The molecule has 0 amide bonds. The summed E-state index contributed by atoms with van der Waals surface area (Å²) in [6.07, 6.45) is 0.561. The molecule has 0 saturated carbocycles. The van der Waals surface area contributed by atoms with Gasteiger partial charge in [0.05, 0.1) is 12.5 Å². The number of hydrogen-bond acceptors (Lipinski definition) is 3. The first-order chi connectivity index (χ1) is 18.0. The molecular weight excluding hydrogens is 510 g/mol. The van der Waals surface area contributed by atoms with Crippen molar-refractivity contribution in [3.63, 3.8) is 0 Å². The zero-order valence-corrected chi connectivity index (χ0v) is 25.0. The van der Waals surface area contributed by atoms with Crippen molar-refractivity contribution in [2.75, 3.05) is 7.11 Å². The van der Waals surface area contributed by atoms with Crippen LogP contribution < -0.4 is 0 Å². The molecule has 0 fully saturated rings. The molecule has 0 aliphatic heterocycles. The van der Waals surface area contributed by atoms with Gasteiger partial charge in [-0.1, -0.05) is 87.5 Å². The van der Waals surface area contributed by atoms with Crippen LogP contribution >= 0.6 is 23.4 Å². The molecule has 1 aromatic heterocycles. The standard InChI is InChI=1S/C33H38ClNO2S/c1-21(2)24-14-17-28-27(18-24)31(38-30-11-9-8-10-26(30)22(3)4)29(19-33(5,6)32(36)37-7)35(28)20-23-12-15-25(34)16-13-23/h8-18,21-22H,19-20H2,1-7H3. The van der Waals surface area contributed by atoms with Crippen LogP contribution in [0, 0.1) is 5.41 Å². The van der Waals surface area contributed by atoms with Gasteiger partial charge in [-0.2, -0.15) is 0 Å². The Morgan fingerprint density at radius 1 is 0.974 bits per heavy atom. The van der Waals surface area contributed by atoms with Crippen molar-refractivity contribution in [2.24, 2.45) is 5.41 Å². The van der Waals surface area contributed by atoms with E-state index in [9.17, 15) is 4.79 Å². The maximum atomic E-state index is 12.9. The van der Waals surface area contributed by atoms with Gasteiger partial charge in [0, 0.05) is 44.4 Å². The van der Waals surface area contributed by atoms with Gasteiger partial charge in [0.15, 0.2) is 0 Å². The monoisotopic (exact) mass is 547 g/mol. The van der Waals surface area contributed by atoms with E-state index in [1.807, 2.05) is 37.7 Å². The van der Waals surface area contributed by atoms with Crippen LogP contribution in [0.25, 0.3) is 10.9 Å². The van der Waals surface area contributed by atoms with Gasteiger partial charge >= 0.3 is 5.97 Å². The molecule has 1 heterocycles. The Labute approximate surface area is 236 Å². The molecule has 0 aliphatic carbocycles. The number of esters is 1. The van der Waals surface area contributed by atoms with Gasteiger partial charge in [-0.25, -0.2) is 0 Å². The number of halogens is 1. The van der Waals surface area contributed by atoms with Crippen molar-refractivity contribution in [3.05, 3.63) is 94.1 Å². The van der Waals surface area contributed by atoms with Crippen molar-refractivity contribution in [2.45, 2.75) is 76.1 Å². The van der Waals surface area contributed by atoms with Gasteiger partial charge in [-0.15, -0.1) is 0 Å². The highest BCUT2D eigenvalue weighted by Gasteiger charge is 2.33. The van der Waals surface area contributed by atoms with Gasteiger partial charge in [-0.3, -0.25) is 4.79 Å². The van der Waals surface area contributed by atoms with Gasteiger partial charge in [0.1, 0.15) is 0 Å². The summed E-state index contributed by atoms with van der Waals surface area (Å²) >= 11 is 8.02. The van der Waals surface area contributed by atoms with Crippen molar-refractivity contribution in [1.29, 1.82) is 0 Å². The molecule has 5 heteroatoms. The first kappa shape index (κ1) is 28.3. The Balaban J connectivity index is 1.99. The van der Waals surface area contributed by atoms with E-state index in [0.717, 1.165) is 16.3 Å². The van der Waals surface area contributed by atoms with Crippen LogP contribution in [0.3, 0.4) is 0 Å². The lowest BCUT2D eigenvalue weighted by Crippen LogP contribution is -2.29. The topological polar surface area (TPSA) is 31.2 Å². The minimum absolute atomic E-state index is 0.206. The van der Waals surface area contributed by atoms with E-state index >= 15 is 0 Å². The van der Waals surface area contributed by atoms with E-state index in [1.54, 1.807) is 0 Å². The highest BCUT2D eigenvalue weighted by atomic mass is 35.5. The van der Waals surface area contributed by atoms with Crippen LogP contribution in [-0.2, 0) is 22.5 Å². The zero-order chi connectivity index (χ0) is 27.6. The van der Waals surface area contributed by atoms with E-state index in [1.165, 1.54) is 38.9 Å². The third-order valence-corrected chi connectivity index (χ3v) is 8.67. The Bertz CT molecular complexity index is 1430. The molecule has 4 aromatic rings. The molecule has 3 nitrogen and oxygen atoms in total. The van der Waals surface area contributed by atoms with Crippen molar-refractivity contribution >= 4 is 40.2 Å². The number of benzene rings is 3. The highest BCUT2D eigenvalue weighted by molar-refractivity contribution is 7.99. The molecule has 0 aliphatic rings. The fraction of sp³-hybridized carbons (Fsp3) is 0.364. The first-order valence-corrected chi connectivity index (χ1v) is 14.5. The lowest BCUT2D eigenvalue weighted by Gasteiger charge is -2.24. The number of fused-ring (bicyclic) bond motifs is 1. The highest BCUT2D eigenvalue weighted by Crippen LogP contribution is 2.44. The molecular formula is C33H38ClNO2S. The normalized spacial score (nSPS) is 12.1. The van der Waals surface area contributed by atoms with Crippen molar-refractivity contribution in [3.8, 4) is 0 Å². The number of methoxy groups -OCH3 is 1. The Morgan fingerprint density at radius 2 is 1.66 bits per heavy atom. The van der Waals surface area contributed by atoms with E-state index in [4.69, 9.17) is 16.3 Å². The molecule has 38 heavy (non-hydrogen) atoms. The zero-order valence-electron chi connectivity index (χ0n) is 23.5. The maximum Gasteiger partial charge on any atom is 0.311 e. The number of carbonyl (C=O) groups excluding carboxylic acids is 1. The molecule has 3 aromatic carbocycles. The molecule has 0 saturated heterocycles. The van der Waals surface area contributed by atoms with E-state index in [0.29, 0.717) is 24.8 Å². The average molecular weight is 548 g/mol. The van der Waals surface area contributed by atoms with E-state index in [-0.39, 0.29) is 5.97 Å². The summed E-state index contributed by atoms with van der Waals surface area (Å²) in [4.78, 5) is 15.3. The second kappa shape index (κ2) is 11.6.